The Morgan fingerprint density at radius 3 is 2.33 bits per heavy atom. The third-order valence-electron chi connectivity index (χ3n) is 5.18. The van der Waals surface area contributed by atoms with Gasteiger partial charge >= 0.3 is 6.18 Å². The van der Waals surface area contributed by atoms with Crippen molar-refractivity contribution in [2.75, 3.05) is 17.1 Å². The van der Waals surface area contributed by atoms with Crippen LogP contribution in [0.4, 0.5) is 18.9 Å². The van der Waals surface area contributed by atoms with Gasteiger partial charge in [0.15, 0.2) is 0 Å². The maximum Gasteiger partial charge on any atom is 0.417 e. The maximum absolute atomic E-state index is 13.2. The van der Waals surface area contributed by atoms with Crippen molar-refractivity contribution in [2.24, 2.45) is 5.10 Å². The van der Waals surface area contributed by atoms with Crippen molar-refractivity contribution in [3.63, 3.8) is 0 Å². The molecule has 0 radical (unpaired) electrons. The minimum Gasteiger partial charge on any atom is -0.318 e. The minimum absolute atomic E-state index is 0.361. The van der Waals surface area contributed by atoms with E-state index in [1.165, 1.54) is 6.21 Å². The van der Waals surface area contributed by atoms with Gasteiger partial charge in [0.05, 0.1) is 28.7 Å². The van der Waals surface area contributed by atoms with E-state index in [2.05, 4.69) is 10.5 Å². The molecule has 0 saturated heterocycles. The van der Waals surface area contributed by atoms with Crippen LogP contribution in [0.15, 0.2) is 53.6 Å². The summed E-state index contributed by atoms with van der Waals surface area (Å²) in [5.74, 6) is -0.855. The first-order chi connectivity index (χ1) is 16.7. The Bertz CT molecular complexity index is 1420. The number of rotatable bonds is 7. The van der Waals surface area contributed by atoms with Gasteiger partial charge in [-0.15, -0.1) is 0 Å². The topological polar surface area (TPSA) is 83.8 Å². The van der Waals surface area contributed by atoms with Gasteiger partial charge in [-0.25, -0.2) is 13.8 Å². The fraction of sp³-hybridized carbons (Fsp3) is 0.217. The van der Waals surface area contributed by atoms with E-state index in [4.69, 9.17) is 23.2 Å². The number of nitrogens with one attached hydrogen (secondary N) is 1. The van der Waals surface area contributed by atoms with Crippen LogP contribution >= 0.6 is 23.2 Å². The summed E-state index contributed by atoms with van der Waals surface area (Å²) >= 11 is 11.6. The highest BCUT2D eigenvalue weighted by atomic mass is 35.5. The molecule has 3 aromatic rings. The molecule has 0 aliphatic carbocycles. The number of amides is 1. The average Bonchev–Trinajstić information content (AvgIpc) is 3.05. The molecule has 0 aliphatic rings. The van der Waals surface area contributed by atoms with Crippen LogP contribution in [0.2, 0.25) is 10.0 Å². The summed E-state index contributed by atoms with van der Waals surface area (Å²) in [5.41, 5.74) is 3.92. The van der Waals surface area contributed by atoms with E-state index < -0.39 is 39.2 Å². The van der Waals surface area contributed by atoms with Crippen LogP contribution < -0.4 is 9.73 Å². The molecule has 1 aromatic heterocycles. The molecule has 3 rings (SSSR count). The summed E-state index contributed by atoms with van der Waals surface area (Å²) in [6.07, 6.45) is -2.64. The Labute approximate surface area is 216 Å². The highest BCUT2D eigenvalue weighted by Crippen LogP contribution is 2.37. The van der Waals surface area contributed by atoms with Gasteiger partial charge in [-0.3, -0.25) is 9.10 Å². The predicted octanol–water partition coefficient (Wildman–Crippen LogP) is 5.34. The number of aromatic nitrogens is 1. The number of alkyl halides is 3. The molecule has 0 atom stereocenters. The second-order valence-corrected chi connectivity index (χ2v) is 10.6. The number of hydrogen-bond donors (Lipinski definition) is 1. The van der Waals surface area contributed by atoms with Gasteiger partial charge in [0.2, 0.25) is 10.0 Å². The standard InChI is InChI=1S/C23H21Cl2F3N4O3S/c1-14-10-16(15(2)32(14)18-6-4-17(24)5-7-18)12-29-30-22(33)13-31(36(3,34)35)19-8-9-21(25)20(11-19)23(26,27)28/h4-12H,13H2,1-3H3,(H,30,33)/b29-12-. The van der Waals surface area contributed by atoms with Gasteiger partial charge in [-0.05, 0) is 62.4 Å². The van der Waals surface area contributed by atoms with Gasteiger partial charge in [-0.1, -0.05) is 23.2 Å². The Morgan fingerprint density at radius 1 is 1.11 bits per heavy atom. The van der Waals surface area contributed by atoms with Crippen molar-refractivity contribution < 1.29 is 26.4 Å². The zero-order chi connectivity index (χ0) is 26.8. The van der Waals surface area contributed by atoms with E-state index in [-0.39, 0.29) is 5.69 Å². The first-order valence-corrected chi connectivity index (χ1v) is 12.9. The van der Waals surface area contributed by atoms with E-state index >= 15 is 0 Å². The highest BCUT2D eigenvalue weighted by Gasteiger charge is 2.34. The Morgan fingerprint density at radius 2 is 1.75 bits per heavy atom. The second-order valence-electron chi connectivity index (χ2n) is 7.86. The fourth-order valence-electron chi connectivity index (χ4n) is 3.53. The first-order valence-electron chi connectivity index (χ1n) is 10.3. The number of hydrazone groups is 1. The van der Waals surface area contributed by atoms with Gasteiger partial charge in [-0.2, -0.15) is 18.3 Å². The van der Waals surface area contributed by atoms with Crippen LogP contribution in [0.1, 0.15) is 22.5 Å². The average molecular weight is 561 g/mol. The van der Waals surface area contributed by atoms with E-state index in [9.17, 15) is 26.4 Å². The zero-order valence-corrected chi connectivity index (χ0v) is 21.6. The second kappa shape index (κ2) is 10.5. The number of carbonyl (C=O) groups is 1. The summed E-state index contributed by atoms with van der Waals surface area (Å²) in [7, 11) is -4.11. The summed E-state index contributed by atoms with van der Waals surface area (Å²) in [6.45, 7) is 2.96. The van der Waals surface area contributed by atoms with Gasteiger partial charge in [0.25, 0.3) is 5.91 Å². The number of anilines is 1. The predicted molar refractivity (Wildman–Crippen MR) is 135 cm³/mol. The fourth-order valence-corrected chi connectivity index (χ4v) is 4.73. The lowest BCUT2D eigenvalue weighted by Gasteiger charge is -2.22. The molecule has 0 fully saturated rings. The number of benzene rings is 2. The Hall–Kier alpha value is -3.02. The Kier molecular flexibility index (Phi) is 8.07. The molecule has 0 bridgehead atoms. The van der Waals surface area contributed by atoms with Crippen LogP contribution in [0.5, 0.6) is 0 Å². The molecular formula is C23H21Cl2F3N4O3S. The SMILES string of the molecule is Cc1cc(/C=N\NC(=O)CN(c2ccc(Cl)c(C(F)(F)F)c2)S(C)(=O)=O)c(C)n1-c1ccc(Cl)cc1. The van der Waals surface area contributed by atoms with E-state index in [0.29, 0.717) is 21.0 Å². The maximum atomic E-state index is 13.2. The van der Waals surface area contributed by atoms with Crippen LogP contribution in [0.3, 0.4) is 0 Å². The third kappa shape index (κ3) is 6.40. The first kappa shape index (κ1) is 27.6. The lowest BCUT2D eigenvalue weighted by molar-refractivity contribution is -0.137. The smallest absolute Gasteiger partial charge is 0.318 e. The number of halogens is 5. The van der Waals surface area contributed by atoms with Crippen molar-refractivity contribution in [3.05, 3.63) is 81.1 Å². The van der Waals surface area contributed by atoms with E-state index in [1.54, 1.807) is 12.1 Å². The van der Waals surface area contributed by atoms with Gasteiger partial charge in [0, 0.05) is 27.7 Å². The monoisotopic (exact) mass is 560 g/mol. The van der Waals surface area contributed by atoms with Crippen molar-refractivity contribution in [1.82, 2.24) is 9.99 Å². The summed E-state index contributed by atoms with van der Waals surface area (Å²) in [4.78, 5) is 12.4. The molecule has 36 heavy (non-hydrogen) atoms. The molecular weight excluding hydrogens is 540 g/mol. The van der Waals surface area contributed by atoms with Crippen LogP contribution in [0, 0.1) is 13.8 Å². The molecule has 2 aromatic carbocycles. The van der Waals surface area contributed by atoms with E-state index in [0.717, 1.165) is 35.5 Å². The molecule has 0 unspecified atom stereocenters. The molecule has 1 N–H and O–H groups in total. The van der Waals surface area contributed by atoms with Crippen molar-refractivity contribution >= 4 is 51.0 Å². The third-order valence-corrected chi connectivity index (χ3v) is 6.90. The normalized spacial score (nSPS) is 12.2. The molecule has 7 nitrogen and oxygen atoms in total. The van der Waals surface area contributed by atoms with Crippen molar-refractivity contribution in [3.8, 4) is 5.69 Å². The zero-order valence-electron chi connectivity index (χ0n) is 19.3. The molecule has 192 valence electrons. The van der Waals surface area contributed by atoms with E-state index in [1.807, 2.05) is 36.6 Å². The molecule has 0 saturated carbocycles. The summed E-state index contributed by atoms with van der Waals surface area (Å²) < 4.78 is 66.6. The van der Waals surface area contributed by atoms with Crippen LogP contribution in [0.25, 0.3) is 5.69 Å². The molecule has 0 aliphatic heterocycles. The van der Waals surface area contributed by atoms with Gasteiger partial charge in [0.1, 0.15) is 6.54 Å². The lowest BCUT2D eigenvalue weighted by atomic mass is 10.2. The highest BCUT2D eigenvalue weighted by molar-refractivity contribution is 7.92. The number of nitrogens with zero attached hydrogens (tertiary/aromatic N) is 3. The summed E-state index contributed by atoms with van der Waals surface area (Å²) in [6, 6.07) is 11.6. The van der Waals surface area contributed by atoms with Crippen molar-refractivity contribution in [2.45, 2.75) is 20.0 Å². The Balaban J connectivity index is 1.78. The quantitative estimate of drug-likeness (QED) is 0.313. The largest absolute Gasteiger partial charge is 0.417 e. The van der Waals surface area contributed by atoms with Crippen LogP contribution in [-0.4, -0.2) is 37.9 Å². The number of sulfonamides is 1. The number of hydrogen-bond acceptors (Lipinski definition) is 4. The molecule has 13 heteroatoms. The minimum atomic E-state index is -4.80. The summed E-state index contributed by atoms with van der Waals surface area (Å²) in [5, 5.41) is 3.89. The lowest BCUT2D eigenvalue weighted by Crippen LogP contribution is -2.39. The number of carbonyl (C=O) groups excluding carboxylic acids is 1. The molecule has 1 heterocycles. The van der Waals surface area contributed by atoms with Crippen molar-refractivity contribution in [1.29, 1.82) is 0 Å². The molecule has 0 spiro atoms. The van der Waals surface area contributed by atoms with Gasteiger partial charge < -0.3 is 4.57 Å². The van der Waals surface area contributed by atoms with Crippen LogP contribution in [-0.2, 0) is 21.0 Å². The molecule has 1 amide bonds. The number of aryl methyl sites for hydroxylation is 1.